The number of nitrogens with one attached hydrogen (secondary N) is 4. The molecule has 12 rings (SSSR count). The average Bonchev–Trinajstić information content (AvgIpc) is 1.63. The number of methoxy groups -OCH3 is 2. The van der Waals surface area contributed by atoms with Gasteiger partial charge in [-0.05, 0) is 136 Å². The molecule has 0 spiro atoms. The largest absolute Gasteiger partial charge is 0.497 e. The highest BCUT2D eigenvalue weighted by Gasteiger charge is 2.38. The number of carbonyl (C=O) groups is 6. The summed E-state index contributed by atoms with van der Waals surface area (Å²) < 4.78 is 47.9. The Hall–Kier alpha value is -9.60. The lowest BCUT2D eigenvalue weighted by atomic mass is 10.0. The van der Waals surface area contributed by atoms with Crippen LogP contribution in [0.25, 0.3) is 21.1 Å². The maximum Gasteiger partial charge on any atom is 0.329 e. The first kappa shape index (κ1) is 75.1. The van der Waals surface area contributed by atoms with Crippen LogP contribution in [0, 0.1) is 25.5 Å². The molecule has 5 amide bonds. The minimum Gasteiger partial charge on any atom is -0.497 e. The number of hydrogen-bond donors (Lipinski definition) is 6. The smallest absolute Gasteiger partial charge is 0.329 e. The van der Waals surface area contributed by atoms with Gasteiger partial charge in [0.05, 0.1) is 93.5 Å². The number of aromatic nitrogens is 8. The number of rotatable bonds is 20. The van der Waals surface area contributed by atoms with Crippen molar-refractivity contribution in [2.45, 2.75) is 110 Å². The van der Waals surface area contributed by atoms with Crippen molar-refractivity contribution in [3.05, 3.63) is 161 Å². The molecule has 542 valence electrons. The van der Waals surface area contributed by atoms with Gasteiger partial charge < -0.3 is 60.4 Å². The zero-order chi connectivity index (χ0) is 73.6. The highest BCUT2D eigenvalue weighted by molar-refractivity contribution is 9.11. The molecule has 7 aromatic heterocycles. The van der Waals surface area contributed by atoms with Crippen molar-refractivity contribution in [2.24, 2.45) is 14.1 Å². The van der Waals surface area contributed by atoms with Gasteiger partial charge in [-0.3, -0.25) is 33.3 Å². The van der Waals surface area contributed by atoms with Gasteiger partial charge in [-0.25, -0.2) is 33.5 Å². The highest BCUT2D eigenvalue weighted by atomic mass is 79.9. The fourth-order valence-electron chi connectivity index (χ4n) is 11.5. The summed E-state index contributed by atoms with van der Waals surface area (Å²) in [5, 5.41) is 39.9. The Labute approximate surface area is 610 Å². The molecule has 1 unspecified atom stereocenters. The number of fused-ring (bicyclic) bond motifs is 3. The van der Waals surface area contributed by atoms with Gasteiger partial charge in [0.1, 0.15) is 58.5 Å². The van der Waals surface area contributed by atoms with Gasteiger partial charge in [0.2, 0.25) is 23.7 Å². The molecule has 0 radical (unpaired) electrons. The lowest BCUT2D eigenvalue weighted by Crippen LogP contribution is -2.51. The lowest BCUT2D eigenvalue weighted by molar-refractivity contribution is -0.159. The van der Waals surface area contributed by atoms with Crippen molar-refractivity contribution < 1.29 is 64.8 Å². The molecule has 3 aliphatic heterocycles. The third-order valence-corrected chi connectivity index (χ3v) is 21.2. The summed E-state index contributed by atoms with van der Waals surface area (Å²) >= 11 is 7.98. The van der Waals surface area contributed by atoms with Gasteiger partial charge >= 0.3 is 5.97 Å². The van der Waals surface area contributed by atoms with E-state index in [0.717, 1.165) is 57.4 Å². The molecule has 2 aromatic carbocycles. The first-order valence-electron chi connectivity index (χ1n) is 32.4. The topological polar surface area (TPSA) is 316 Å². The second-order valence-electron chi connectivity index (χ2n) is 25.3. The molecule has 10 heterocycles. The van der Waals surface area contributed by atoms with Crippen molar-refractivity contribution in [1.29, 1.82) is 0 Å². The third kappa shape index (κ3) is 17.3. The van der Waals surface area contributed by atoms with Crippen molar-refractivity contribution in [3.63, 3.8) is 0 Å². The number of ether oxygens (including phenoxy) is 3. The Morgan fingerprint density at radius 2 is 1.00 bits per heavy atom. The molecule has 3 aliphatic rings. The van der Waals surface area contributed by atoms with E-state index in [0.29, 0.717) is 83.6 Å². The Bertz CT molecular complexity index is 4390. The van der Waals surface area contributed by atoms with E-state index in [1.807, 2.05) is 79.0 Å². The first-order valence-corrected chi connectivity index (χ1v) is 35.7. The quantitative estimate of drug-likeness (QED) is 0.0386. The van der Waals surface area contributed by atoms with E-state index >= 15 is 0 Å². The highest BCUT2D eigenvalue weighted by Crippen LogP contribution is 2.39. The zero-order valence-electron chi connectivity index (χ0n) is 58.1. The summed E-state index contributed by atoms with van der Waals surface area (Å²) in [7, 11) is 6.44. The summed E-state index contributed by atoms with van der Waals surface area (Å²) in [6, 6.07) is 13.1. The number of benzene rings is 2. The molecule has 9 aromatic rings. The summed E-state index contributed by atoms with van der Waals surface area (Å²) in [4.78, 5) is 105. The van der Waals surface area contributed by atoms with E-state index in [1.165, 1.54) is 71.0 Å². The van der Waals surface area contributed by atoms with Gasteiger partial charge in [-0.15, -0.1) is 34.0 Å². The monoisotopic (exact) mass is 1520 g/mol. The molecule has 5 atom stereocenters. The standard InChI is InChI=1S/2C28H30FN7O4S.C14H18BrNO3S.2H2/c2*1-15-13-30-28(33-24-5-7-31-35(24)3)34-25(15)23-12-20-22(41-23)6-8-36(27(20)39)16(2)26(38)32-21(14-37)17-9-18(29)11-19(10-17)40-4;1-8(13(18)19-14(2,3)4)16-6-5-10-9(12(16)17)7-11(15)20-10;;/h2*5,7,9-13,16,21,37H,6,8,14H2,1-4H3,(H,32,38)(H,30,33,34);7-8H,5-6H2,1-4H3;2*1H/t16-,21+;16-,21-;;;/m01.../s1. The Kier molecular flexibility index (Phi) is 23.7. The Morgan fingerprint density at radius 1 is 0.608 bits per heavy atom. The van der Waals surface area contributed by atoms with Crippen LogP contribution < -0.4 is 30.7 Å². The number of carbonyl (C=O) groups excluding carboxylic acids is 6. The van der Waals surface area contributed by atoms with Gasteiger partial charge in [-0.1, -0.05) is 0 Å². The van der Waals surface area contributed by atoms with Gasteiger partial charge in [0.15, 0.2) is 0 Å². The van der Waals surface area contributed by atoms with Gasteiger partial charge in [0, 0.05) is 107 Å². The molecule has 0 bridgehead atoms. The number of aliphatic hydroxyl groups excluding tert-OH is 2. The predicted molar refractivity (Wildman–Crippen MR) is 390 cm³/mol. The van der Waals surface area contributed by atoms with Crippen LogP contribution in [-0.4, -0.2) is 171 Å². The number of aliphatic hydroxyl groups is 2. The normalized spacial score (nSPS) is 14.9. The molecule has 0 aliphatic carbocycles. The number of amides is 5. The molecule has 0 saturated carbocycles. The SMILES string of the molecule is CC(C(=O)OC(C)(C)C)N1CCc2sc(Br)cc2C1=O.COc1cc(F)cc([C@@H](CO)NC(=O)[C@@H](C)N2CCc3sc(-c4nc(Nc5ccnn5C)ncc4C)cc3C2=O)c1.COc1cc(F)cc([C@@H](CO)NC(=O)[C@H](C)N2CCc3sc(-c4nc(Nc5ccnn5C)ncc4C)cc3C2=O)c1.[HH].[HH]. The van der Waals surface area contributed by atoms with Crippen LogP contribution in [0.1, 0.15) is 124 Å². The molecule has 32 heteroatoms. The predicted octanol–water partition coefficient (Wildman–Crippen LogP) is 10.5. The van der Waals surface area contributed by atoms with Crippen LogP contribution >= 0.6 is 49.9 Å². The van der Waals surface area contributed by atoms with E-state index in [-0.39, 0.29) is 38.0 Å². The van der Waals surface area contributed by atoms with E-state index in [2.05, 4.69) is 57.4 Å². The maximum atomic E-state index is 14.0. The van der Waals surface area contributed by atoms with Crippen molar-refractivity contribution in [1.82, 2.24) is 64.8 Å². The molecular weight excluding hydrogens is 1440 g/mol. The fraction of sp³-hybridized carbons (Fsp3) is 0.371. The van der Waals surface area contributed by atoms with E-state index in [1.54, 1.807) is 83.3 Å². The third-order valence-electron chi connectivity index (χ3n) is 17.1. The number of esters is 1. The second-order valence-corrected chi connectivity index (χ2v) is 30.1. The molecule has 0 fully saturated rings. The van der Waals surface area contributed by atoms with Crippen LogP contribution in [0.3, 0.4) is 0 Å². The summed E-state index contributed by atoms with van der Waals surface area (Å²) in [6.45, 7) is 14.6. The van der Waals surface area contributed by atoms with Crippen LogP contribution in [-0.2, 0) is 52.5 Å². The molecule has 26 nitrogen and oxygen atoms in total. The van der Waals surface area contributed by atoms with Crippen LogP contribution in [0.15, 0.2) is 95.3 Å². The van der Waals surface area contributed by atoms with Crippen LogP contribution in [0.5, 0.6) is 11.5 Å². The van der Waals surface area contributed by atoms with Gasteiger partial charge in [-0.2, -0.15) is 10.2 Å². The average molecular weight is 1520 g/mol. The Balaban J connectivity index is 0.000000207. The number of halogens is 3. The number of anilines is 4. The Morgan fingerprint density at radius 3 is 1.37 bits per heavy atom. The fourth-order valence-corrected chi connectivity index (χ4v) is 15.6. The minimum atomic E-state index is -0.868. The molecular formula is C70H82BrF2N15O11S3. The minimum absolute atomic E-state index is 0. The summed E-state index contributed by atoms with van der Waals surface area (Å²) in [6.07, 6.45) is 8.75. The number of nitrogens with zero attached hydrogens (tertiary/aromatic N) is 11. The van der Waals surface area contributed by atoms with E-state index in [9.17, 15) is 47.8 Å². The van der Waals surface area contributed by atoms with Crippen molar-refractivity contribution in [2.75, 3.05) is 57.7 Å². The van der Waals surface area contributed by atoms with Gasteiger partial charge in [0.25, 0.3) is 17.7 Å². The molecule has 102 heavy (non-hydrogen) atoms. The van der Waals surface area contributed by atoms with Crippen LogP contribution in [0.2, 0.25) is 0 Å². The molecule has 0 saturated heterocycles. The number of hydrogen-bond acceptors (Lipinski definition) is 22. The second kappa shape index (κ2) is 32.2. The van der Waals surface area contributed by atoms with Crippen LogP contribution in [0.4, 0.5) is 32.3 Å². The first-order chi connectivity index (χ1) is 48.5. The number of aryl methyl sites for hydroxylation is 4. The summed E-state index contributed by atoms with van der Waals surface area (Å²) in [5.41, 5.74) is 5.09. The molecule has 6 N–H and O–H groups in total. The number of thiophene rings is 3. The summed E-state index contributed by atoms with van der Waals surface area (Å²) in [5.74, 6) is -0.152. The lowest BCUT2D eigenvalue weighted by Gasteiger charge is -2.32. The zero-order valence-corrected chi connectivity index (χ0v) is 62.1. The van der Waals surface area contributed by atoms with E-state index < -0.39 is 72.5 Å². The van der Waals surface area contributed by atoms with E-state index in [4.69, 9.17) is 24.2 Å². The maximum absolute atomic E-state index is 14.0. The van der Waals surface area contributed by atoms with Crippen molar-refractivity contribution in [3.8, 4) is 32.6 Å². The van der Waals surface area contributed by atoms with Crippen molar-refractivity contribution >= 4 is 109 Å².